The number of pyridine rings is 1. The fourth-order valence-corrected chi connectivity index (χ4v) is 3.71. The Morgan fingerprint density at radius 2 is 1.92 bits per heavy atom. The van der Waals surface area contributed by atoms with Gasteiger partial charge in [0.05, 0.1) is 4.90 Å². The predicted octanol–water partition coefficient (Wildman–Crippen LogP) is 2.58. The zero-order valence-corrected chi connectivity index (χ0v) is 13.9. The molecule has 9 heteroatoms. The van der Waals surface area contributed by atoms with Crippen LogP contribution in [0.4, 0.5) is 13.2 Å². The van der Waals surface area contributed by atoms with Crippen LogP contribution in [-0.4, -0.2) is 32.0 Å². The maximum atomic E-state index is 14.6. The first-order valence-corrected chi connectivity index (χ1v) is 8.84. The van der Waals surface area contributed by atoms with Gasteiger partial charge >= 0.3 is 0 Å². The van der Waals surface area contributed by atoms with Gasteiger partial charge in [-0.1, -0.05) is 23.8 Å². The van der Waals surface area contributed by atoms with E-state index >= 15 is 0 Å². The predicted molar refractivity (Wildman–Crippen MR) is 83.1 cm³/mol. The highest BCUT2D eigenvalue weighted by atomic mass is 32.2. The molecule has 0 aliphatic carbocycles. The molecule has 0 saturated carbocycles. The van der Waals surface area contributed by atoms with Gasteiger partial charge in [-0.2, -0.15) is 12.8 Å². The van der Waals surface area contributed by atoms with E-state index in [4.69, 9.17) is 4.18 Å². The normalized spacial score (nSPS) is 22.9. The zero-order valence-electron chi connectivity index (χ0n) is 13.1. The van der Waals surface area contributed by atoms with Crippen molar-refractivity contribution in [3.8, 4) is 0 Å². The molecule has 1 saturated heterocycles. The molecule has 134 valence electrons. The summed E-state index contributed by atoms with van der Waals surface area (Å²) in [6.07, 6.45) is -0.815. The molecule has 0 bridgehead atoms. The number of nitrogens with zero attached hydrogens (tertiary/aromatic N) is 1. The van der Waals surface area contributed by atoms with Gasteiger partial charge in [-0.15, -0.1) is 0 Å². The third-order valence-corrected chi connectivity index (χ3v) is 5.31. The molecule has 0 radical (unpaired) electrons. The van der Waals surface area contributed by atoms with Gasteiger partial charge in [0.1, 0.15) is 6.04 Å². The third-order valence-electron chi connectivity index (χ3n) is 3.97. The Kier molecular flexibility index (Phi) is 4.56. The highest BCUT2D eigenvalue weighted by Crippen LogP contribution is 2.41. The standard InChI is InChI=1S/C16H15F3N2O3S/c1-10-4-6-11(7-5-10)25(22,23)24-13-9-21-14(16(13,18)19)12-3-2-8-20-15(12)17/h2-8,13-14,21H,9H2,1H3. The van der Waals surface area contributed by atoms with Gasteiger partial charge in [0.15, 0.2) is 6.10 Å². The average molecular weight is 372 g/mol. The van der Waals surface area contributed by atoms with E-state index in [0.29, 0.717) is 0 Å². The molecule has 3 rings (SSSR count). The largest absolute Gasteiger partial charge is 0.302 e. The van der Waals surface area contributed by atoms with E-state index in [1.807, 2.05) is 0 Å². The number of aryl methyl sites for hydroxylation is 1. The lowest BCUT2D eigenvalue weighted by molar-refractivity contribution is -0.0827. The fourth-order valence-electron chi connectivity index (χ4n) is 2.63. The molecule has 2 heterocycles. The molecule has 25 heavy (non-hydrogen) atoms. The first kappa shape index (κ1) is 17.8. The minimum atomic E-state index is -4.38. The molecule has 1 aromatic heterocycles. The summed E-state index contributed by atoms with van der Waals surface area (Å²) in [4.78, 5) is 3.13. The molecule has 2 aromatic rings. The van der Waals surface area contributed by atoms with Crippen molar-refractivity contribution < 1.29 is 25.8 Å². The van der Waals surface area contributed by atoms with Crippen molar-refractivity contribution in [3.05, 3.63) is 59.7 Å². The lowest BCUT2D eigenvalue weighted by Crippen LogP contribution is -2.38. The van der Waals surface area contributed by atoms with Crippen molar-refractivity contribution in [2.75, 3.05) is 6.54 Å². The highest BCUT2D eigenvalue weighted by molar-refractivity contribution is 7.86. The van der Waals surface area contributed by atoms with Crippen LogP contribution in [0.3, 0.4) is 0 Å². The molecule has 0 spiro atoms. The fraction of sp³-hybridized carbons (Fsp3) is 0.312. The van der Waals surface area contributed by atoms with E-state index in [1.54, 1.807) is 6.92 Å². The molecule has 2 unspecified atom stereocenters. The molecule has 0 amide bonds. The highest BCUT2D eigenvalue weighted by Gasteiger charge is 2.56. The van der Waals surface area contributed by atoms with Crippen molar-refractivity contribution in [1.82, 2.24) is 10.3 Å². The van der Waals surface area contributed by atoms with E-state index in [2.05, 4.69) is 10.3 Å². The van der Waals surface area contributed by atoms with Crippen LogP contribution in [0.5, 0.6) is 0 Å². The zero-order chi connectivity index (χ0) is 18.2. The van der Waals surface area contributed by atoms with Crippen molar-refractivity contribution in [2.45, 2.75) is 29.9 Å². The van der Waals surface area contributed by atoms with Gasteiger partial charge in [-0.05, 0) is 25.1 Å². The van der Waals surface area contributed by atoms with Crippen molar-refractivity contribution >= 4 is 10.1 Å². The monoisotopic (exact) mass is 372 g/mol. The molecule has 1 aliphatic heterocycles. The summed E-state index contributed by atoms with van der Waals surface area (Å²) < 4.78 is 72.1. The Hall–Kier alpha value is -1.97. The first-order valence-electron chi connectivity index (χ1n) is 7.43. The number of benzene rings is 1. The Labute approximate surface area is 143 Å². The lowest BCUT2D eigenvalue weighted by Gasteiger charge is -2.23. The molecule has 1 N–H and O–H groups in total. The smallest absolute Gasteiger partial charge is 0.297 e. The van der Waals surface area contributed by atoms with Crippen LogP contribution in [0, 0.1) is 12.9 Å². The van der Waals surface area contributed by atoms with Gasteiger partial charge in [-0.25, -0.2) is 13.8 Å². The van der Waals surface area contributed by atoms with E-state index in [0.717, 1.165) is 11.8 Å². The number of alkyl halides is 2. The van der Waals surface area contributed by atoms with Crippen LogP contribution in [0.1, 0.15) is 17.2 Å². The summed E-state index contributed by atoms with van der Waals surface area (Å²) in [6, 6.07) is 6.41. The van der Waals surface area contributed by atoms with Crippen LogP contribution >= 0.6 is 0 Å². The Morgan fingerprint density at radius 1 is 1.24 bits per heavy atom. The van der Waals surface area contributed by atoms with Gasteiger partial charge < -0.3 is 5.32 Å². The maximum absolute atomic E-state index is 14.6. The van der Waals surface area contributed by atoms with Crippen LogP contribution in [-0.2, 0) is 14.3 Å². The van der Waals surface area contributed by atoms with Crippen LogP contribution in [0.2, 0.25) is 0 Å². The van der Waals surface area contributed by atoms with Gasteiger partial charge in [0.25, 0.3) is 16.0 Å². The van der Waals surface area contributed by atoms with E-state index in [9.17, 15) is 21.6 Å². The maximum Gasteiger partial charge on any atom is 0.297 e. The minimum absolute atomic E-state index is 0.218. The Morgan fingerprint density at radius 3 is 2.56 bits per heavy atom. The molecule has 2 atom stereocenters. The third kappa shape index (κ3) is 3.39. The number of aromatic nitrogens is 1. The van der Waals surface area contributed by atoms with Crippen molar-refractivity contribution in [1.29, 1.82) is 0 Å². The Bertz CT molecular complexity index is 872. The molecular formula is C16H15F3N2O3S. The summed E-state index contributed by atoms with van der Waals surface area (Å²) in [5, 5.41) is 2.42. The SMILES string of the molecule is Cc1ccc(S(=O)(=O)OC2CNC(c3cccnc3F)C2(F)F)cc1. The minimum Gasteiger partial charge on any atom is -0.302 e. The molecule has 1 aromatic carbocycles. The number of halogens is 3. The number of rotatable bonds is 4. The molecule has 1 aliphatic rings. The quantitative estimate of drug-likeness (QED) is 0.660. The second kappa shape index (κ2) is 6.40. The first-order chi connectivity index (χ1) is 11.7. The molecule has 1 fully saturated rings. The summed E-state index contributed by atoms with van der Waals surface area (Å²) >= 11 is 0. The van der Waals surface area contributed by atoms with E-state index in [1.165, 1.54) is 36.4 Å². The topological polar surface area (TPSA) is 68.3 Å². The van der Waals surface area contributed by atoms with Gasteiger partial charge in [0, 0.05) is 18.3 Å². The summed E-state index contributed by atoms with van der Waals surface area (Å²) in [7, 11) is -4.38. The summed E-state index contributed by atoms with van der Waals surface area (Å²) in [6.45, 7) is 1.32. The van der Waals surface area contributed by atoms with Crippen molar-refractivity contribution in [3.63, 3.8) is 0 Å². The summed E-state index contributed by atoms with van der Waals surface area (Å²) in [5.41, 5.74) is 0.477. The molecular weight excluding hydrogens is 357 g/mol. The second-order valence-corrected chi connectivity index (χ2v) is 7.32. The van der Waals surface area contributed by atoms with E-state index in [-0.39, 0.29) is 10.5 Å². The molecule has 5 nitrogen and oxygen atoms in total. The number of nitrogens with one attached hydrogen (secondary N) is 1. The summed E-state index contributed by atoms with van der Waals surface area (Å²) in [5.74, 6) is -4.68. The van der Waals surface area contributed by atoms with Crippen LogP contribution in [0.15, 0.2) is 47.5 Å². The van der Waals surface area contributed by atoms with Gasteiger partial charge in [-0.3, -0.25) is 4.18 Å². The second-order valence-electron chi connectivity index (χ2n) is 5.75. The average Bonchev–Trinajstić information content (AvgIpc) is 2.83. The number of hydrogen-bond donors (Lipinski definition) is 1. The van der Waals surface area contributed by atoms with Crippen LogP contribution < -0.4 is 5.32 Å². The van der Waals surface area contributed by atoms with Gasteiger partial charge in [0.2, 0.25) is 5.95 Å². The number of hydrogen-bond acceptors (Lipinski definition) is 5. The van der Waals surface area contributed by atoms with Crippen molar-refractivity contribution in [2.24, 2.45) is 0 Å². The lowest BCUT2D eigenvalue weighted by atomic mass is 10.0. The Balaban J connectivity index is 1.85. The van der Waals surface area contributed by atoms with Crippen LogP contribution in [0.25, 0.3) is 0 Å². The van der Waals surface area contributed by atoms with E-state index < -0.39 is 40.7 Å².